The van der Waals surface area contributed by atoms with E-state index in [9.17, 15) is 4.79 Å². The molecule has 4 rings (SSSR count). The maximum absolute atomic E-state index is 12.7. The number of carbonyl (C=O) groups excluding carboxylic acids is 1. The molecule has 1 saturated heterocycles. The Morgan fingerprint density at radius 3 is 2.84 bits per heavy atom. The quantitative estimate of drug-likeness (QED) is 0.884. The number of nitrogens with one attached hydrogen (secondary N) is 2. The predicted molar refractivity (Wildman–Crippen MR) is 97.8 cm³/mol. The molecule has 25 heavy (non-hydrogen) atoms. The van der Waals surface area contributed by atoms with Crippen molar-refractivity contribution in [3.8, 4) is 0 Å². The van der Waals surface area contributed by atoms with Crippen LogP contribution in [0, 0.1) is 0 Å². The van der Waals surface area contributed by atoms with E-state index in [0.29, 0.717) is 22.7 Å². The van der Waals surface area contributed by atoms with Crippen LogP contribution in [0.25, 0.3) is 0 Å². The van der Waals surface area contributed by atoms with Crippen molar-refractivity contribution >= 4 is 17.5 Å². The van der Waals surface area contributed by atoms with Crippen LogP contribution in [-0.4, -0.2) is 40.1 Å². The maximum atomic E-state index is 12.7. The highest BCUT2D eigenvalue weighted by Gasteiger charge is 2.28. The molecule has 1 aliphatic heterocycles. The minimum atomic E-state index is 0.0394. The number of halogens is 1. The lowest BCUT2D eigenvalue weighted by Gasteiger charge is -2.35. The number of nitrogens with zero attached hydrogens (tertiary/aromatic N) is 2. The maximum Gasteiger partial charge on any atom is 0.255 e. The van der Waals surface area contributed by atoms with Gasteiger partial charge < -0.3 is 10.2 Å². The number of aryl methyl sites for hydroxylation is 1. The number of aromatic amines is 1. The molecule has 132 valence electrons. The van der Waals surface area contributed by atoms with Crippen LogP contribution in [0.15, 0.2) is 30.5 Å². The van der Waals surface area contributed by atoms with Gasteiger partial charge in [0.25, 0.3) is 5.91 Å². The number of amides is 1. The van der Waals surface area contributed by atoms with E-state index in [1.165, 1.54) is 17.7 Å². The van der Waals surface area contributed by atoms with Crippen LogP contribution in [0.4, 0.5) is 0 Å². The van der Waals surface area contributed by atoms with Gasteiger partial charge in [-0.25, -0.2) is 0 Å². The van der Waals surface area contributed by atoms with Gasteiger partial charge in [-0.3, -0.25) is 9.89 Å². The Morgan fingerprint density at radius 1 is 1.24 bits per heavy atom. The van der Waals surface area contributed by atoms with Crippen LogP contribution < -0.4 is 5.32 Å². The predicted octanol–water partition coefficient (Wildman–Crippen LogP) is 3.33. The van der Waals surface area contributed by atoms with Gasteiger partial charge in [-0.15, -0.1) is 0 Å². The molecule has 1 amide bonds. The summed E-state index contributed by atoms with van der Waals surface area (Å²) in [6.45, 7) is 1.54. The fraction of sp³-hybridized carbons (Fsp3) is 0.474. The molecule has 0 radical (unpaired) electrons. The minimum absolute atomic E-state index is 0.0394. The van der Waals surface area contributed by atoms with Crippen molar-refractivity contribution in [2.45, 2.75) is 44.2 Å². The van der Waals surface area contributed by atoms with Gasteiger partial charge in [0.2, 0.25) is 0 Å². The number of rotatable bonds is 3. The first kappa shape index (κ1) is 16.6. The summed E-state index contributed by atoms with van der Waals surface area (Å²) >= 11 is 6.16. The highest BCUT2D eigenvalue weighted by molar-refractivity contribution is 6.33. The van der Waals surface area contributed by atoms with Gasteiger partial charge in [-0.2, -0.15) is 5.10 Å². The fourth-order valence-corrected chi connectivity index (χ4v) is 4.18. The zero-order valence-electron chi connectivity index (χ0n) is 14.2. The van der Waals surface area contributed by atoms with Gasteiger partial charge in [0.15, 0.2) is 0 Å². The average Bonchev–Trinajstić information content (AvgIpc) is 3.12. The van der Waals surface area contributed by atoms with E-state index in [0.717, 1.165) is 38.8 Å². The van der Waals surface area contributed by atoms with Crippen molar-refractivity contribution in [3.63, 3.8) is 0 Å². The van der Waals surface area contributed by atoms with E-state index in [2.05, 4.69) is 15.5 Å². The smallest absolute Gasteiger partial charge is 0.255 e. The lowest BCUT2D eigenvalue weighted by atomic mass is 9.92. The zero-order chi connectivity index (χ0) is 17.2. The SMILES string of the molecule is O=C(c1ccccc1Cl)N1CCC(NC2CCCc3cn[nH]c32)CC1. The van der Waals surface area contributed by atoms with Crippen molar-refractivity contribution in [2.24, 2.45) is 0 Å². The Hall–Kier alpha value is -1.85. The summed E-state index contributed by atoms with van der Waals surface area (Å²) in [4.78, 5) is 14.6. The molecule has 0 saturated carbocycles. The van der Waals surface area contributed by atoms with Crippen molar-refractivity contribution < 1.29 is 4.79 Å². The highest BCUT2D eigenvalue weighted by Crippen LogP contribution is 2.29. The molecule has 2 heterocycles. The summed E-state index contributed by atoms with van der Waals surface area (Å²) in [5, 5.41) is 11.7. The second kappa shape index (κ2) is 7.18. The second-order valence-corrected chi connectivity index (χ2v) is 7.37. The first-order valence-corrected chi connectivity index (χ1v) is 9.42. The number of hydrogen-bond donors (Lipinski definition) is 2. The summed E-state index contributed by atoms with van der Waals surface area (Å²) in [6.07, 6.45) is 7.36. The van der Waals surface area contributed by atoms with E-state index in [1.807, 2.05) is 23.2 Å². The number of H-pyrrole nitrogens is 1. The molecular weight excluding hydrogens is 336 g/mol. The molecule has 6 heteroatoms. The van der Waals surface area contributed by atoms with Crippen molar-refractivity contribution in [2.75, 3.05) is 13.1 Å². The van der Waals surface area contributed by atoms with Crippen LogP contribution >= 0.6 is 11.6 Å². The molecule has 0 bridgehead atoms. The van der Waals surface area contributed by atoms with E-state index < -0.39 is 0 Å². The normalized spacial score (nSPS) is 21.2. The number of aromatic nitrogens is 2. The van der Waals surface area contributed by atoms with Crippen molar-refractivity contribution in [1.82, 2.24) is 20.4 Å². The summed E-state index contributed by atoms with van der Waals surface area (Å²) in [5.74, 6) is 0.0394. The molecule has 1 fully saturated rings. The largest absolute Gasteiger partial charge is 0.338 e. The van der Waals surface area contributed by atoms with Gasteiger partial charge in [0.05, 0.1) is 22.5 Å². The minimum Gasteiger partial charge on any atom is -0.338 e. The van der Waals surface area contributed by atoms with Gasteiger partial charge in [0, 0.05) is 25.2 Å². The molecule has 2 aliphatic rings. The molecule has 5 nitrogen and oxygen atoms in total. The standard InChI is InChI=1S/C19H23ClN4O/c20-16-6-2-1-5-15(16)19(25)24-10-8-14(9-11-24)22-17-7-3-4-13-12-21-23-18(13)17/h1-2,5-6,12,14,17,22H,3-4,7-11H2,(H,21,23). The highest BCUT2D eigenvalue weighted by atomic mass is 35.5. The molecular formula is C19H23ClN4O. The van der Waals surface area contributed by atoms with Crippen LogP contribution in [0.5, 0.6) is 0 Å². The molecule has 2 N–H and O–H groups in total. The third kappa shape index (κ3) is 3.44. The molecule has 1 aliphatic carbocycles. The molecule has 1 atom stereocenters. The Balaban J connectivity index is 1.35. The van der Waals surface area contributed by atoms with Crippen LogP contribution in [0.1, 0.15) is 53.3 Å². The number of carbonyl (C=O) groups is 1. The van der Waals surface area contributed by atoms with E-state index >= 15 is 0 Å². The first-order chi connectivity index (χ1) is 12.2. The molecule has 2 aromatic rings. The lowest BCUT2D eigenvalue weighted by Crippen LogP contribution is -2.46. The third-order valence-electron chi connectivity index (χ3n) is 5.36. The van der Waals surface area contributed by atoms with Crippen LogP contribution in [0.3, 0.4) is 0 Å². The number of hydrogen-bond acceptors (Lipinski definition) is 3. The molecule has 0 spiro atoms. The van der Waals surface area contributed by atoms with Crippen LogP contribution in [0.2, 0.25) is 5.02 Å². The summed E-state index contributed by atoms with van der Waals surface area (Å²) in [5.41, 5.74) is 3.20. The lowest BCUT2D eigenvalue weighted by molar-refractivity contribution is 0.0700. The van der Waals surface area contributed by atoms with E-state index in [1.54, 1.807) is 12.1 Å². The number of benzene rings is 1. The van der Waals surface area contributed by atoms with Crippen molar-refractivity contribution in [1.29, 1.82) is 0 Å². The van der Waals surface area contributed by atoms with Gasteiger partial charge >= 0.3 is 0 Å². The zero-order valence-corrected chi connectivity index (χ0v) is 14.9. The molecule has 1 aromatic carbocycles. The van der Waals surface area contributed by atoms with Gasteiger partial charge in [-0.1, -0.05) is 23.7 Å². The van der Waals surface area contributed by atoms with E-state index in [-0.39, 0.29) is 5.91 Å². The van der Waals surface area contributed by atoms with Crippen molar-refractivity contribution in [3.05, 3.63) is 52.3 Å². The first-order valence-electron chi connectivity index (χ1n) is 9.04. The number of likely N-dealkylation sites (tertiary alicyclic amines) is 1. The summed E-state index contributed by atoms with van der Waals surface area (Å²) < 4.78 is 0. The van der Waals surface area contributed by atoms with E-state index in [4.69, 9.17) is 11.6 Å². The Morgan fingerprint density at radius 2 is 2.04 bits per heavy atom. The third-order valence-corrected chi connectivity index (χ3v) is 5.69. The van der Waals surface area contributed by atoms with Crippen LogP contribution in [-0.2, 0) is 6.42 Å². The average molecular weight is 359 g/mol. The fourth-order valence-electron chi connectivity index (χ4n) is 3.97. The number of piperidine rings is 1. The summed E-state index contributed by atoms with van der Waals surface area (Å²) in [7, 11) is 0. The summed E-state index contributed by atoms with van der Waals surface area (Å²) in [6, 6.07) is 8.09. The molecule has 1 aromatic heterocycles. The Labute approximate surface area is 152 Å². The van der Waals surface area contributed by atoms with Gasteiger partial charge in [0.1, 0.15) is 0 Å². The number of fused-ring (bicyclic) bond motifs is 1. The Bertz CT molecular complexity index is 751. The second-order valence-electron chi connectivity index (χ2n) is 6.97. The van der Waals surface area contributed by atoms with Gasteiger partial charge in [-0.05, 0) is 49.8 Å². The monoisotopic (exact) mass is 358 g/mol. The molecule has 1 unspecified atom stereocenters. The topological polar surface area (TPSA) is 61.0 Å². The Kier molecular flexibility index (Phi) is 4.77.